The van der Waals surface area contributed by atoms with Gasteiger partial charge in [0.05, 0.1) is 6.61 Å². The van der Waals surface area contributed by atoms with Crippen LogP contribution in [0.15, 0.2) is 0 Å². The molecule has 0 aliphatic heterocycles. The Kier molecular flexibility index (Phi) is 10.6. The number of hydrogen-bond acceptors (Lipinski definition) is 3. The minimum Gasteiger partial charge on any atom is -0.328 e. The summed E-state index contributed by atoms with van der Waals surface area (Å²) in [5, 5.41) is 0. The molecule has 1 atom stereocenters. The van der Waals surface area contributed by atoms with Crippen LogP contribution in [-0.2, 0) is 9.05 Å². The predicted octanol–water partition coefficient (Wildman–Crippen LogP) is 3.23. The van der Waals surface area contributed by atoms with E-state index in [1.54, 1.807) is 0 Å². The smallest absolute Gasteiger partial charge is 0.328 e. The molecule has 13 heavy (non-hydrogen) atoms. The quantitative estimate of drug-likeness (QED) is 0.467. The van der Waals surface area contributed by atoms with Gasteiger partial charge in [-0.3, -0.25) is 0 Å². The molecule has 1 N–H and O–H groups in total. The highest BCUT2D eigenvalue weighted by Crippen LogP contribution is 2.31. The van der Waals surface area contributed by atoms with Crippen LogP contribution in [-0.4, -0.2) is 18.6 Å². The standard InChI is InChI=1S/C9H21O3P/c1-3-4-5-6-7-8-9-12-13(10)11-2/h10H,3-9H2,1-2H3. The Labute approximate surface area is 82.4 Å². The van der Waals surface area contributed by atoms with Crippen LogP contribution in [0, 0.1) is 0 Å². The summed E-state index contributed by atoms with van der Waals surface area (Å²) in [4.78, 5) is 8.92. The van der Waals surface area contributed by atoms with Crippen molar-refractivity contribution in [2.75, 3.05) is 13.7 Å². The van der Waals surface area contributed by atoms with Gasteiger partial charge in [0.15, 0.2) is 0 Å². The minimum absolute atomic E-state index is 0.613. The van der Waals surface area contributed by atoms with Gasteiger partial charge in [-0.2, -0.15) is 0 Å². The summed E-state index contributed by atoms with van der Waals surface area (Å²) in [6, 6.07) is 0. The van der Waals surface area contributed by atoms with E-state index in [9.17, 15) is 0 Å². The van der Waals surface area contributed by atoms with Crippen molar-refractivity contribution in [2.24, 2.45) is 0 Å². The number of rotatable bonds is 9. The highest BCUT2D eigenvalue weighted by molar-refractivity contribution is 7.40. The molecule has 0 rings (SSSR count). The van der Waals surface area contributed by atoms with Crippen molar-refractivity contribution in [1.29, 1.82) is 0 Å². The fourth-order valence-electron chi connectivity index (χ4n) is 1.08. The van der Waals surface area contributed by atoms with Crippen LogP contribution in [0.25, 0.3) is 0 Å². The summed E-state index contributed by atoms with van der Waals surface area (Å²) >= 11 is 0. The molecule has 0 fully saturated rings. The van der Waals surface area contributed by atoms with Gasteiger partial charge in [0, 0.05) is 7.11 Å². The Morgan fingerprint density at radius 1 is 1.08 bits per heavy atom. The van der Waals surface area contributed by atoms with Crippen LogP contribution < -0.4 is 0 Å². The highest BCUT2D eigenvalue weighted by Gasteiger charge is 2.01. The molecule has 1 unspecified atom stereocenters. The Morgan fingerprint density at radius 2 is 1.69 bits per heavy atom. The molecule has 0 saturated carbocycles. The van der Waals surface area contributed by atoms with E-state index in [2.05, 4.69) is 11.4 Å². The first-order valence-corrected chi connectivity index (χ1v) is 6.10. The molecule has 0 aromatic heterocycles. The average molecular weight is 208 g/mol. The molecule has 3 nitrogen and oxygen atoms in total. The lowest BCUT2D eigenvalue weighted by molar-refractivity contribution is 0.224. The predicted molar refractivity (Wildman–Crippen MR) is 55.5 cm³/mol. The fourth-order valence-corrected chi connectivity index (χ4v) is 1.47. The first-order valence-electron chi connectivity index (χ1n) is 4.97. The van der Waals surface area contributed by atoms with E-state index < -0.39 is 8.60 Å². The Hall–Kier alpha value is 0.310. The van der Waals surface area contributed by atoms with E-state index in [-0.39, 0.29) is 0 Å². The molecular weight excluding hydrogens is 187 g/mol. The second kappa shape index (κ2) is 10.4. The van der Waals surface area contributed by atoms with Crippen molar-refractivity contribution in [1.82, 2.24) is 0 Å². The van der Waals surface area contributed by atoms with Gasteiger partial charge in [-0.15, -0.1) is 0 Å². The van der Waals surface area contributed by atoms with Crippen molar-refractivity contribution in [3.8, 4) is 0 Å². The van der Waals surface area contributed by atoms with Crippen LogP contribution in [0.1, 0.15) is 45.4 Å². The molecule has 0 aromatic carbocycles. The molecule has 0 bridgehead atoms. The molecule has 80 valence electrons. The first-order chi connectivity index (χ1) is 6.31. The lowest BCUT2D eigenvalue weighted by Gasteiger charge is -2.06. The third kappa shape index (κ3) is 10.2. The van der Waals surface area contributed by atoms with Crippen molar-refractivity contribution in [3.63, 3.8) is 0 Å². The van der Waals surface area contributed by atoms with Crippen molar-refractivity contribution >= 4 is 8.60 Å². The molecular formula is C9H21O3P. The summed E-state index contributed by atoms with van der Waals surface area (Å²) in [6.07, 6.45) is 7.40. The third-order valence-corrected chi connectivity index (χ3v) is 2.57. The van der Waals surface area contributed by atoms with Crippen molar-refractivity contribution in [3.05, 3.63) is 0 Å². The van der Waals surface area contributed by atoms with Crippen molar-refractivity contribution in [2.45, 2.75) is 45.4 Å². The van der Waals surface area contributed by atoms with Gasteiger partial charge in [-0.05, 0) is 6.42 Å². The maximum atomic E-state index is 8.92. The zero-order valence-corrected chi connectivity index (χ0v) is 9.56. The van der Waals surface area contributed by atoms with E-state index in [0.717, 1.165) is 6.42 Å². The maximum absolute atomic E-state index is 8.92. The summed E-state index contributed by atoms with van der Waals surface area (Å²) in [5.41, 5.74) is 0. The normalized spacial score (nSPS) is 13.2. The number of hydrogen-bond donors (Lipinski definition) is 1. The summed E-state index contributed by atoms with van der Waals surface area (Å²) in [5.74, 6) is 0. The van der Waals surface area contributed by atoms with E-state index in [1.165, 1.54) is 39.2 Å². The van der Waals surface area contributed by atoms with Crippen molar-refractivity contribution < 1.29 is 13.9 Å². The molecule has 0 radical (unpaired) electrons. The molecule has 0 aromatic rings. The van der Waals surface area contributed by atoms with E-state index >= 15 is 0 Å². The second-order valence-corrected chi connectivity index (χ2v) is 4.12. The molecule has 0 spiro atoms. The third-order valence-electron chi connectivity index (χ3n) is 1.86. The van der Waals surface area contributed by atoms with Gasteiger partial charge < -0.3 is 13.9 Å². The lowest BCUT2D eigenvalue weighted by Crippen LogP contribution is -1.90. The van der Waals surface area contributed by atoms with Gasteiger partial charge in [0.25, 0.3) is 0 Å². The van der Waals surface area contributed by atoms with Gasteiger partial charge in [-0.25, -0.2) is 0 Å². The monoisotopic (exact) mass is 208 g/mol. The van der Waals surface area contributed by atoms with E-state index in [0.29, 0.717) is 6.61 Å². The van der Waals surface area contributed by atoms with E-state index in [4.69, 9.17) is 9.42 Å². The molecule has 0 aliphatic rings. The highest BCUT2D eigenvalue weighted by atomic mass is 31.2. The summed E-state index contributed by atoms with van der Waals surface area (Å²) in [6.45, 7) is 2.82. The Morgan fingerprint density at radius 3 is 2.31 bits per heavy atom. The lowest BCUT2D eigenvalue weighted by atomic mass is 10.1. The zero-order chi connectivity index (χ0) is 9.94. The molecule has 4 heteroatoms. The molecule has 0 saturated heterocycles. The van der Waals surface area contributed by atoms with Gasteiger partial charge >= 0.3 is 8.60 Å². The molecule has 0 heterocycles. The zero-order valence-electron chi connectivity index (χ0n) is 8.66. The fraction of sp³-hybridized carbons (Fsp3) is 1.00. The summed E-state index contributed by atoms with van der Waals surface area (Å²) < 4.78 is 9.59. The molecule has 0 aliphatic carbocycles. The Bertz CT molecular complexity index is 101. The van der Waals surface area contributed by atoms with Crippen LogP contribution >= 0.6 is 8.60 Å². The topological polar surface area (TPSA) is 38.7 Å². The first kappa shape index (κ1) is 13.3. The molecule has 0 amide bonds. The van der Waals surface area contributed by atoms with Crippen LogP contribution in [0.2, 0.25) is 0 Å². The minimum atomic E-state index is -1.61. The van der Waals surface area contributed by atoms with Gasteiger partial charge in [0.2, 0.25) is 0 Å². The maximum Gasteiger partial charge on any atom is 0.329 e. The largest absolute Gasteiger partial charge is 0.329 e. The van der Waals surface area contributed by atoms with Gasteiger partial charge in [0.1, 0.15) is 0 Å². The van der Waals surface area contributed by atoms with Crippen LogP contribution in [0.3, 0.4) is 0 Å². The van der Waals surface area contributed by atoms with Crippen LogP contribution in [0.5, 0.6) is 0 Å². The second-order valence-electron chi connectivity index (χ2n) is 3.02. The van der Waals surface area contributed by atoms with Crippen LogP contribution in [0.4, 0.5) is 0 Å². The SMILES string of the molecule is CCCCCCCCOP(O)OC. The van der Waals surface area contributed by atoms with Gasteiger partial charge in [-0.1, -0.05) is 39.0 Å². The van der Waals surface area contributed by atoms with E-state index in [1.807, 2.05) is 0 Å². The summed E-state index contributed by atoms with van der Waals surface area (Å²) in [7, 11) is -0.155. The number of unbranched alkanes of at least 4 members (excludes halogenated alkanes) is 5. The average Bonchev–Trinajstić information content (AvgIpc) is 2.16. The Balaban J connectivity index is 2.91.